The Balaban J connectivity index is 2.64. The summed E-state index contributed by atoms with van der Waals surface area (Å²) in [6, 6.07) is 1.81. The van der Waals surface area contributed by atoms with E-state index >= 15 is 0 Å². The Hall–Kier alpha value is -1.29. The second-order valence-corrected chi connectivity index (χ2v) is 3.58. The highest BCUT2D eigenvalue weighted by Crippen LogP contribution is 2.11. The van der Waals surface area contributed by atoms with Crippen molar-refractivity contribution in [3.63, 3.8) is 0 Å². The topological polar surface area (TPSA) is 45.5 Å². The van der Waals surface area contributed by atoms with Gasteiger partial charge >= 0.3 is 0 Å². The van der Waals surface area contributed by atoms with Crippen LogP contribution in [0.25, 0.3) is 0 Å². The average Bonchev–Trinajstić information content (AvgIpc) is 2.52. The number of amides is 1. The normalized spacial score (nSPS) is 12.6. The number of aliphatic hydroxyl groups excluding tert-OH is 1. The third kappa shape index (κ3) is 2.60. The molecule has 78 valence electrons. The Kier molecular flexibility index (Phi) is 3.30. The zero-order valence-electron chi connectivity index (χ0n) is 8.77. The van der Waals surface area contributed by atoms with Gasteiger partial charge in [-0.05, 0) is 18.6 Å². The van der Waals surface area contributed by atoms with Gasteiger partial charge in [0.1, 0.15) is 6.54 Å². The number of likely N-dealkylation sites (N-methyl/N-ethyl adjacent to an activating group) is 1. The molecule has 1 amide bonds. The largest absolute Gasteiger partial charge is 0.389 e. The SMILES string of the molecule is CC(O)c1ccn(CC(=O)N(C)C)c1. The van der Waals surface area contributed by atoms with Crippen LogP contribution in [-0.4, -0.2) is 34.6 Å². The highest BCUT2D eigenvalue weighted by molar-refractivity contribution is 5.75. The molecule has 1 atom stereocenters. The Morgan fingerprint density at radius 3 is 2.71 bits per heavy atom. The van der Waals surface area contributed by atoms with Crippen molar-refractivity contribution in [2.24, 2.45) is 0 Å². The van der Waals surface area contributed by atoms with Crippen molar-refractivity contribution >= 4 is 5.91 Å². The van der Waals surface area contributed by atoms with E-state index in [1.807, 2.05) is 6.07 Å². The van der Waals surface area contributed by atoms with Gasteiger partial charge in [0.25, 0.3) is 0 Å². The lowest BCUT2D eigenvalue weighted by molar-refractivity contribution is -0.129. The molecule has 0 bridgehead atoms. The number of hydrogen-bond donors (Lipinski definition) is 1. The van der Waals surface area contributed by atoms with Crippen LogP contribution in [0.4, 0.5) is 0 Å². The first kappa shape index (κ1) is 10.8. The quantitative estimate of drug-likeness (QED) is 0.770. The Morgan fingerprint density at radius 1 is 1.64 bits per heavy atom. The van der Waals surface area contributed by atoms with Gasteiger partial charge in [0.05, 0.1) is 6.10 Å². The maximum atomic E-state index is 11.3. The van der Waals surface area contributed by atoms with E-state index in [0.717, 1.165) is 5.56 Å². The van der Waals surface area contributed by atoms with E-state index in [-0.39, 0.29) is 5.91 Å². The molecule has 1 heterocycles. The van der Waals surface area contributed by atoms with Crippen LogP contribution >= 0.6 is 0 Å². The second kappa shape index (κ2) is 4.28. The molecular weight excluding hydrogens is 180 g/mol. The maximum absolute atomic E-state index is 11.3. The van der Waals surface area contributed by atoms with E-state index in [9.17, 15) is 9.90 Å². The minimum absolute atomic E-state index is 0.0396. The minimum atomic E-state index is -0.481. The van der Waals surface area contributed by atoms with E-state index < -0.39 is 6.10 Å². The fourth-order valence-corrected chi connectivity index (χ4v) is 1.10. The molecule has 1 N–H and O–H groups in total. The van der Waals surface area contributed by atoms with Gasteiger partial charge in [-0.1, -0.05) is 0 Å². The molecular formula is C10H16N2O2. The Morgan fingerprint density at radius 2 is 2.29 bits per heavy atom. The van der Waals surface area contributed by atoms with Gasteiger partial charge in [0, 0.05) is 26.5 Å². The Bertz CT molecular complexity index is 316. The number of aromatic nitrogens is 1. The van der Waals surface area contributed by atoms with Crippen LogP contribution in [-0.2, 0) is 11.3 Å². The van der Waals surface area contributed by atoms with Gasteiger partial charge in [-0.3, -0.25) is 4.79 Å². The number of rotatable bonds is 3. The molecule has 0 spiro atoms. The van der Waals surface area contributed by atoms with Gasteiger partial charge in [0.2, 0.25) is 5.91 Å². The zero-order chi connectivity index (χ0) is 10.7. The predicted molar refractivity (Wildman–Crippen MR) is 53.8 cm³/mol. The smallest absolute Gasteiger partial charge is 0.241 e. The van der Waals surface area contributed by atoms with Crippen molar-refractivity contribution < 1.29 is 9.90 Å². The molecule has 0 aromatic carbocycles. The molecule has 0 saturated carbocycles. The van der Waals surface area contributed by atoms with Crippen molar-refractivity contribution in [3.8, 4) is 0 Å². The van der Waals surface area contributed by atoms with E-state index in [1.165, 1.54) is 0 Å². The molecule has 4 nitrogen and oxygen atoms in total. The number of carbonyl (C=O) groups is 1. The molecule has 0 aliphatic rings. The molecule has 14 heavy (non-hydrogen) atoms. The van der Waals surface area contributed by atoms with Crippen molar-refractivity contribution in [2.75, 3.05) is 14.1 Å². The minimum Gasteiger partial charge on any atom is -0.389 e. The molecule has 0 aliphatic heterocycles. The summed E-state index contributed by atoms with van der Waals surface area (Å²) in [6.07, 6.45) is 3.10. The number of aliphatic hydroxyl groups is 1. The van der Waals surface area contributed by atoms with Crippen LogP contribution in [0.15, 0.2) is 18.5 Å². The van der Waals surface area contributed by atoms with E-state index in [4.69, 9.17) is 0 Å². The van der Waals surface area contributed by atoms with Gasteiger partial charge in [-0.15, -0.1) is 0 Å². The van der Waals surface area contributed by atoms with Crippen molar-refractivity contribution in [2.45, 2.75) is 19.6 Å². The fraction of sp³-hybridized carbons (Fsp3) is 0.500. The summed E-state index contributed by atoms with van der Waals surface area (Å²) < 4.78 is 1.77. The van der Waals surface area contributed by atoms with Crippen molar-refractivity contribution in [1.29, 1.82) is 0 Å². The molecule has 0 aliphatic carbocycles. The predicted octanol–water partition coefficient (Wildman–Crippen LogP) is 0.630. The summed E-state index contributed by atoms with van der Waals surface area (Å²) in [6.45, 7) is 2.02. The van der Waals surface area contributed by atoms with Crippen LogP contribution in [0.1, 0.15) is 18.6 Å². The van der Waals surface area contributed by atoms with Gasteiger partial charge in [-0.25, -0.2) is 0 Å². The van der Waals surface area contributed by atoms with Crippen LogP contribution in [0.2, 0.25) is 0 Å². The van der Waals surface area contributed by atoms with Crippen LogP contribution < -0.4 is 0 Å². The zero-order valence-corrected chi connectivity index (χ0v) is 8.77. The summed E-state index contributed by atoms with van der Waals surface area (Å²) in [5, 5.41) is 9.27. The number of nitrogens with zero attached hydrogens (tertiary/aromatic N) is 2. The molecule has 1 rings (SSSR count). The Labute approximate surface area is 83.8 Å². The lowest BCUT2D eigenvalue weighted by atomic mass is 10.2. The van der Waals surface area contributed by atoms with Gasteiger partial charge in [-0.2, -0.15) is 0 Å². The number of carbonyl (C=O) groups excluding carboxylic acids is 1. The summed E-state index contributed by atoms with van der Waals surface area (Å²) >= 11 is 0. The van der Waals surface area contributed by atoms with Crippen LogP contribution in [0.5, 0.6) is 0 Å². The summed E-state index contributed by atoms with van der Waals surface area (Å²) in [4.78, 5) is 12.9. The van der Waals surface area contributed by atoms with E-state index in [2.05, 4.69) is 0 Å². The van der Waals surface area contributed by atoms with E-state index in [0.29, 0.717) is 6.54 Å². The highest BCUT2D eigenvalue weighted by atomic mass is 16.3. The molecule has 0 radical (unpaired) electrons. The summed E-state index contributed by atoms with van der Waals surface area (Å²) in [7, 11) is 3.45. The van der Waals surface area contributed by atoms with Crippen molar-refractivity contribution in [3.05, 3.63) is 24.0 Å². The van der Waals surface area contributed by atoms with Crippen molar-refractivity contribution in [1.82, 2.24) is 9.47 Å². The molecule has 0 fully saturated rings. The van der Waals surface area contributed by atoms with E-state index in [1.54, 1.807) is 42.9 Å². The third-order valence-electron chi connectivity index (χ3n) is 2.07. The maximum Gasteiger partial charge on any atom is 0.241 e. The molecule has 1 aromatic heterocycles. The fourth-order valence-electron chi connectivity index (χ4n) is 1.10. The first-order valence-electron chi connectivity index (χ1n) is 4.54. The third-order valence-corrected chi connectivity index (χ3v) is 2.07. The van der Waals surface area contributed by atoms with Gasteiger partial charge in [0.15, 0.2) is 0 Å². The highest BCUT2D eigenvalue weighted by Gasteiger charge is 2.07. The van der Waals surface area contributed by atoms with Crippen LogP contribution in [0, 0.1) is 0 Å². The molecule has 1 unspecified atom stereocenters. The van der Waals surface area contributed by atoms with Crippen LogP contribution in [0.3, 0.4) is 0 Å². The lowest BCUT2D eigenvalue weighted by Crippen LogP contribution is -2.25. The monoisotopic (exact) mass is 196 g/mol. The summed E-state index contributed by atoms with van der Waals surface area (Å²) in [5.74, 6) is 0.0396. The lowest BCUT2D eigenvalue weighted by Gasteiger charge is -2.10. The molecule has 4 heteroatoms. The molecule has 1 aromatic rings. The number of hydrogen-bond acceptors (Lipinski definition) is 2. The standard InChI is InChI=1S/C10H16N2O2/c1-8(13)9-4-5-12(6-9)7-10(14)11(2)3/h4-6,8,13H,7H2,1-3H3. The average molecular weight is 196 g/mol. The first-order chi connectivity index (χ1) is 6.50. The van der Waals surface area contributed by atoms with Gasteiger partial charge < -0.3 is 14.6 Å². The first-order valence-corrected chi connectivity index (χ1v) is 4.54. The molecule has 0 saturated heterocycles. The second-order valence-electron chi connectivity index (χ2n) is 3.58. The summed E-state index contributed by atoms with van der Waals surface area (Å²) in [5.41, 5.74) is 0.830.